The lowest BCUT2D eigenvalue weighted by molar-refractivity contribution is 0.0689. The molecule has 1 heterocycles. The molecule has 2 N–H and O–H groups in total. The number of aryl methyl sites for hydroxylation is 1. The zero-order valence-corrected chi connectivity index (χ0v) is 10.7. The van der Waals surface area contributed by atoms with Gasteiger partial charge in [-0.25, -0.2) is 9.59 Å². The molecule has 7 heteroatoms. The van der Waals surface area contributed by atoms with Crippen LogP contribution < -0.4 is 5.32 Å². The molecule has 2 aromatic rings. The fraction of sp³-hybridized carbons (Fsp3) is 0.154. The summed E-state index contributed by atoms with van der Waals surface area (Å²) in [7, 11) is 1.53. The zero-order chi connectivity index (χ0) is 14.5. The van der Waals surface area contributed by atoms with E-state index in [4.69, 9.17) is 9.84 Å². The Morgan fingerprint density at radius 3 is 2.65 bits per heavy atom. The average molecular weight is 275 g/mol. The van der Waals surface area contributed by atoms with Gasteiger partial charge in [0.15, 0.2) is 5.69 Å². The fourth-order valence-electron chi connectivity index (χ4n) is 1.55. The second-order valence-corrected chi connectivity index (χ2v) is 4.03. The topological polar surface area (TPSA) is 93.5 Å². The molecular formula is C13H13N3O4. The van der Waals surface area contributed by atoms with Crippen molar-refractivity contribution in [2.24, 2.45) is 7.05 Å². The van der Waals surface area contributed by atoms with Crippen molar-refractivity contribution in [1.29, 1.82) is 0 Å². The maximum absolute atomic E-state index is 11.6. The van der Waals surface area contributed by atoms with Crippen molar-refractivity contribution in [1.82, 2.24) is 9.78 Å². The highest BCUT2D eigenvalue weighted by molar-refractivity contribution is 5.89. The molecule has 0 unspecified atom stereocenters. The summed E-state index contributed by atoms with van der Waals surface area (Å²) in [5.74, 6) is -0.910. The number of carboxylic acids is 1. The van der Waals surface area contributed by atoms with Crippen LogP contribution in [0.3, 0.4) is 0 Å². The van der Waals surface area contributed by atoms with Crippen molar-refractivity contribution in [3.05, 3.63) is 47.7 Å². The number of nitrogens with one attached hydrogen (secondary N) is 1. The molecule has 0 aliphatic carbocycles. The summed E-state index contributed by atoms with van der Waals surface area (Å²) in [6, 6.07) is 10.5. The number of ether oxygens (including phenoxy) is 1. The van der Waals surface area contributed by atoms with Gasteiger partial charge in [0, 0.05) is 13.1 Å². The van der Waals surface area contributed by atoms with Gasteiger partial charge in [-0.3, -0.25) is 10.00 Å². The molecule has 0 fully saturated rings. The maximum Gasteiger partial charge on any atom is 0.413 e. The molecule has 0 atom stereocenters. The minimum atomic E-state index is -1.16. The Kier molecular flexibility index (Phi) is 3.99. The first-order valence-corrected chi connectivity index (χ1v) is 5.81. The number of amides is 1. The van der Waals surface area contributed by atoms with E-state index in [1.165, 1.54) is 17.8 Å². The molecule has 7 nitrogen and oxygen atoms in total. The van der Waals surface area contributed by atoms with Gasteiger partial charge >= 0.3 is 12.1 Å². The Labute approximate surface area is 114 Å². The zero-order valence-electron chi connectivity index (χ0n) is 10.7. The van der Waals surface area contributed by atoms with Crippen LogP contribution in [0, 0.1) is 0 Å². The number of hydrogen-bond donors (Lipinski definition) is 2. The second kappa shape index (κ2) is 5.87. The Morgan fingerprint density at radius 1 is 1.35 bits per heavy atom. The quantitative estimate of drug-likeness (QED) is 0.888. The van der Waals surface area contributed by atoms with Gasteiger partial charge in [0.25, 0.3) is 0 Å². The van der Waals surface area contributed by atoms with Crippen LogP contribution in [-0.2, 0) is 18.4 Å². The molecule has 0 radical (unpaired) electrons. The number of anilines is 1. The lowest BCUT2D eigenvalue weighted by Gasteiger charge is -2.06. The van der Waals surface area contributed by atoms with E-state index >= 15 is 0 Å². The van der Waals surface area contributed by atoms with Crippen LogP contribution in [0.5, 0.6) is 0 Å². The van der Waals surface area contributed by atoms with Gasteiger partial charge in [-0.1, -0.05) is 30.3 Å². The fourth-order valence-corrected chi connectivity index (χ4v) is 1.55. The molecular weight excluding hydrogens is 262 g/mol. The number of carbonyl (C=O) groups excluding carboxylic acids is 1. The summed E-state index contributed by atoms with van der Waals surface area (Å²) in [5, 5.41) is 14.9. The molecule has 1 aromatic carbocycles. The Bertz CT molecular complexity index is 622. The normalized spacial score (nSPS) is 10.1. The summed E-state index contributed by atoms with van der Waals surface area (Å²) >= 11 is 0. The van der Waals surface area contributed by atoms with Gasteiger partial charge in [-0.2, -0.15) is 5.10 Å². The van der Waals surface area contributed by atoms with Crippen LogP contribution in [-0.4, -0.2) is 26.9 Å². The highest BCUT2D eigenvalue weighted by Crippen LogP contribution is 2.10. The van der Waals surface area contributed by atoms with E-state index in [9.17, 15) is 9.59 Å². The number of rotatable bonds is 4. The van der Waals surface area contributed by atoms with E-state index in [1.54, 1.807) is 0 Å². The third-order valence-corrected chi connectivity index (χ3v) is 2.54. The Hall–Kier alpha value is -2.83. The van der Waals surface area contributed by atoms with E-state index in [1.807, 2.05) is 30.3 Å². The van der Waals surface area contributed by atoms with Crippen molar-refractivity contribution < 1.29 is 19.4 Å². The molecule has 0 saturated carbocycles. The van der Waals surface area contributed by atoms with Crippen LogP contribution >= 0.6 is 0 Å². The first-order chi connectivity index (χ1) is 9.56. The van der Waals surface area contributed by atoms with Crippen molar-refractivity contribution in [2.75, 3.05) is 5.32 Å². The van der Waals surface area contributed by atoms with Gasteiger partial charge < -0.3 is 9.84 Å². The second-order valence-electron chi connectivity index (χ2n) is 4.03. The van der Waals surface area contributed by atoms with E-state index in [-0.39, 0.29) is 18.1 Å². The van der Waals surface area contributed by atoms with Crippen molar-refractivity contribution in [2.45, 2.75) is 6.61 Å². The summed E-state index contributed by atoms with van der Waals surface area (Å²) in [6.07, 6.45) is -0.672. The third kappa shape index (κ3) is 3.35. The van der Waals surface area contributed by atoms with Crippen LogP contribution in [0.1, 0.15) is 16.1 Å². The van der Waals surface area contributed by atoms with Gasteiger partial charge in [-0.05, 0) is 5.56 Å². The number of carboxylic acid groups (broad SMARTS) is 1. The Balaban J connectivity index is 1.93. The molecule has 0 aliphatic rings. The van der Waals surface area contributed by atoms with Crippen LogP contribution in [0.15, 0.2) is 36.4 Å². The molecule has 20 heavy (non-hydrogen) atoms. The third-order valence-electron chi connectivity index (χ3n) is 2.54. The summed E-state index contributed by atoms with van der Waals surface area (Å²) < 4.78 is 6.28. The molecule has 1 aromatic heterocycles. The number of aromatic nitrogens is 2. The van der Waals surface area contributed by atoms with Gasteiger partial charge in [0.1, 0.15) is 12.4 Å². The van der Waals surface area contributed by atoms with E-state index in [0.29, 0.717) is 0 Å². The minimum absolute atomic E-state index is 0.135. The summed E-state index contributed by atoms with van der Waals surface area (Å²) in [5.41, 5.74) is 0.713. The number of hydrogen-bond acceptors (Lipinski definition) is 4. The number of nitrogens with zero attached hydrogens (tertiary/aromatic N) is 2. The Morgan fingerprint density at radius 2 is 2.05 bits per heavy atom. The smallest absolute Gasteiger partial charge is 0.413 e. The van der Waals surface area contributed by atoms with Gasteiger partial charge in [0.2, 0.25) is 0 Å². The van der Waals surface area contributed by atoms with Crippen molar-refractivity contribution >= 4 is 17.9 Å². The predicted molar refractivity (Wildman–Crippen MR) is 70.4 cm³/mol. The van der Waals surface area contributed by atoms with Crippen LogP contribution in [0.4, 0.5) is 10.6 Å². The van der Waals surface area contributed by atoms with Crippen molar-refractivity contribution in [3.8, 4) is 0 Å². The molecule has 104 valence electrons. The lowest BCUT2D eigenvalue weighted by atomic mass is 10.2. The van der Waals surface area contributed by atoms with Crippen LogP contribution in [0.25, 0.3) is 0 Å². The van der Waals surface area contributed by atoms with Gasteiger partial charge in [-0.15, -0.1) is 0 Å². The molecule has 0 aliphatic heterocycles. The summed E-state index contributed by atoms with van der Waals surface area (Å²) in [4.78, 5) is 22.3. The minimum Gasteiger partial charge on any atom is -0.476 e. The number of aromatic carboxylic acids is 1. The van der Waals surface area contributed by atoms with Crippen molar-refractivity contribution in [3.63, 3.8) is 0 Å². The molecule has 0 bridgehead atoms. The SMILES string of the molecule is Cn1nc(C(=O)O)cc1NC(=O)OCc1ccccc1. The van der Waals surface area contributed by atoms with Crippen LogP contribution in [0.2, 0.25) is 0 Å². The first kappa shape index (κ1) is 13.6. The van der Waals surface area contributed by atoms with E-state index in [0.717, 1.165) is 5.56 Å². The molecule has 2 rings (SSSR count). The summed E-state index contributed by atoms with van der Waals surface area (Å²) in [6.45, 7) is 0.135. The molecule has 1 amide bonds. The van der Waals surface area contributed by atoms with E-state index < -0.39 is 12.1 Å². The van der Waals surface area contributed by atoms with Gasteiger partial charge in [0.05, 0.1) is 0 Å². The monoisotopic (exact) mass is 275 g/mol. The number of benzene rings is 1. The maximum atomic E-state index is 11.6. The average Bonchev–Trinajstić information content (AvgIpc) is 2.79. The molecule has 0 saturated heterocycles. The largest absolute Gasteiger partial charge is 0.476 e. The predicted octanol–water partition coefficient (Wildman–Crippen LogP) is 1.87. The first-order valence-electron chi connectivity index (χ1n) is 5.81. The molecule has 0 spiro atoms. The highest BCUT2D eigenvalue weighted by atomic mass is 16.5. The number of carbonyl (C=O) groups is 2. The lowest BCUT2D eigenvalue weighted by Crippen LogP contribution is -2.15. The van der Waals surface area contributed by atoms with E-state index in [2.05, 4.69) is 10.4 Å². The highest BCUT2D eigenvalue weighted by Gasteiger charge is 2.13. The standard InChI is InChI=1S/C13H13N3O4/c1-16-11(7-10(15-16)12(17)18)14-13(19)20-8-9-5-3-2-4-6-9/h2-7H,8H2,1H3,(H,14,19)(H,17,18).